The van der Waals surface area contributed by atoms with Crippen molar-refractivity contribution in [3.8, 4) is 5.75 Å². The fourth-order valence-electron chi connectivity index (χ4n) is 2.54. The van der Waals surface area contributed by atoms with Crippen LogP contribution >= 0.6 is 11.6 Å². The van der Waals surface area contributed by atoms with E-state index in [0.29, 0.717) is 12.6 Å². The molecule has 146 valence electrons. The average molecular weight is 398 g/mol. The third kappa shape index (κ3) is 6.39. The molecule has 0 saturated carbocycles. The number of hydrogen-bond acceptors (Lipinski definition) is 6. The topological polar surface area (TPSA) is 72.0 Å². The smallest absolute Gasteiger partial charge is 0.249 e. The van der Waals surface area contributed by atoms with Crippen LogP contribution in [0.15, 0.2) is 54.7 Å². The largest absolute Gasteiger partial charge is 0.489 e. The Kier molecular flexibility index (Phi) is 7.44. The number of halogens is 1. The lowest BCUT2D eigenvalue weighted by Gasteiger charge is -2.09. The predicted octanol–water partition coefficient (Wildman–Crippen LogP) is 5.45. The number of benzene rings is 2. The third-order valence-corrected chi connectivity index (χ3v) is 4.33. The zero-order chi connectivity index (χ0) is 19.6. The van der Waals surface area contributed by atoms with Crippen LogP contribution in [0.2, 0.25) is 5.02 Å². The summed E-state index contributed by atoms with van der Waals surface area (Å²) in [6.07, 6.45) is 5.13. The van der Waals surface area contributed by atoms with Crippen LogP contribution in [0.4, 0.5) is 17.5 Å². The Morgan fingerprint density at radius 3 is 2.54 bits per heavy atom. The first kappa shape index (κ1) is 19.9. The summed E-state index contributed by atoms with van der Waals surface area (Å²) >= 11 is 5.89. The van der Waals surface area contributed by atoms with Gasteiger partial charge in [-0.1, -0.05) is 43.5 Å². The molecule has 1 aromatic heterocycles. The summed E-state index contributed by atoms with van der Waals surface area (Å²) in [6.45, 7) is 3.55. The SMILES string of the molecule is CCCCCNc1cnnc(Nc2ccc(OCc3ccc(Cl)cc3)cc2)n1. The molecule has 0 amide bonds. The molecule has 0 aliphatic heterocycles. The lowest BCUT2D eigenvalue weighted by Crippen LogP contribution is -2.06. The molecule has 3 aromatic rings. The molecule has 0 unspecified atom stereocenters. The minimum absolute atomic E-state index is 0.454. The van der Waals surface area contributed by atoms with E-state index in [0.717, 1.165) is 40.8 Å². The van der Waals surface area contributed by atoms with Crippen molar-refractivity contribution in [1.29, 1.82) is 0 Å². The third-order valence-electron chi connectivity index (χ3n) is 4.07. The van der Waals surface area contributed by atoms with E-state index >= 15 is 0 Å². The van der Waals surface area contributed by atoms with E-state index in [4.69, 9.17) is 16.3 Å². The van der Waals surface area contributed by atoms with Crippen molar-refractivity contribution >= 4 is 29.1 Å². The van der Waals surface area contributed by atoms with Gasteiger partial charge in [0.2, 0.25) is 5.95 Å². The fraction of sp³-hybridized carbons (Fsp3) is 0.286. The van der Waals surface area contributed by atoms with Gasteiger partial charge in [0.15, 0.2) is 5.82 Å². The highest BCUT2D eigenvalue weighted by molar-refractivity contribution is 6.30. The van der Waals surface area contributed by atoms with Gasteiger partial charge in [-0.2, -0.15) is 10.1 Å². The molecule has 2 N–H and O–H groups in total. The Hall–Kier alpha value is -2.86. The van der Waals surface area contributed by atoms with E-state index in [1.165, 1.54) is 12.8 Å². The highest BCUT2D eigenvalue weighted by atomic mass is 35.5. The van der Waals surface area contributed by atoms with Crippen LogP contribution in [-0.4, -0.2) is 21.7 Å². The zero-order valence-electron chi connectivity index (χ0n) is 15.9. The molecule has 0 aliphatic rings. The average Bonchev–Trinajstić information content (AvgIpc) is 2.72. The molecule has 0 radical (unpaired) electrons. The van der Waals surface area contributed by atoms with Crippen LogP contribution in [-0.2, 0) is 6.61 Å². The van der Waals surface area contributed by atoms with Gasteiger partial charge in [-0.05, 0) is 48.4 Å². The molecule has 0 aliphatic carbocycles. The summed E-state index contributed by atoms with van der Waals surface area (Å²) in [4.78, 5) is 4.43. The van der Waals surface area contributed by atoms with Gasteiger partial charge < -0.3 is 15.4 Å². The molecule has 7 heteroatoms. The molecule has 28 heavy (non-hydrogen) atoms. The van der Waals surface area contributed by atoms with Crippen LogP contribution < -0.4 is 15.4 Å². The van der Waals surface area contributed by atoms with Crippen molar-refractivity contribution in [3.05, 3.63) is 65.3 Å². The van der Waals surface area contributed by atoms with Gasteiger partial charge in [-0.15, -0.1) is 5.10 Å². The molecule has 0 saturated heterocycles. The summed E-state index contributed by atoms with van der Waals surface area (Å²) in [5.41, 5.74) is 1.93. The van der Waals surface area contributed by atoms with Crippen LogP contribution in [0.1, 0.15) is 31.7 Å². The maximum absolute atomic E-state index is 5.89. The molecule has 0 spiro atoms. The minimum Gasteiger partial charge on any atom is -0.489 e. The van der Waals surface area contributed by atoms with Crippen LogP contribution in [0.5, 0.6) is 5.75 Å². The second kappa shape index (κ2) is 10.5. The van der Waals surface area contributed by atoms with Gasteiger partial charge in [-0.25, -0.2) is 0 Å². The Labute approximate surface area is 170 Å². The second-order valence-electron chi connectivity index (χ2n) is 6.36. The van der Waals surface area contributed by atoms with E-state index in [9.17, 15) is 0 Å². The van der Waals surface area contributed by atoms with Crippen molar-refractivity contribution in [2.45, 2.75) is 32.8 Å². The first-order valence-electron chi connectivity index (χ1n) is 9.41. The lowest BCUT2D eigenvalue weighted by atomic mass is 10.2. The standard InChI is InChI=1S/C21H24ClN5O/c1-2-3-4-13-23-20-14-24-27-21(26-20)25-18-9-11-19(12-10-18)28-15-16-5-7-17(22)8-6-16/h5-12,14H,2-4,13,15H2,1H3,(H2,23,25,26,27). The Morgan fingerprint density at radius 2 is 1.79 bits per heavy atom. The van der Waals surface area contributed by atoms with E-state index in [2.05, 4.69) is 32.7 Å². The van der Waals surface area contributed by atoms with Crippen molar-refractivity contribution in [2.24, 2.45) is 0 Å². The van der Waals surface area contributed by atoms with Gasteiger partial charge >= 0.3 is 0 Å². The number of rotatable bonds is 10. The monoisotopic (exact) mass is 397 g/mol. The number of aromatic nitrogens is 3. The van der Waals surface area contributed by atoms with Gasteiger partial charge in [0.05, 0.1) is 6.20 Å². The molecule has 6 nitrogen and oxygen atoms in total. The molecular weight excluding hydrogens is 374 g/mol. The number of nitrogens with zero attached hydrogens (tertiary/aromatic N) is 3. The van der Waals surface area contributed by atoms with Crippen molar-refractivity contribution in [3.63, 3.8) is 0 Å². The second-order valence-corrected chi connectivity index (χ2v) is 6.80. The van der Waals surface area contributed by atoms with Gasteiger partial charge in [0.1, 0.15) is 12.4 Å². The van der Waals surface area contributed by atoms with Crippen LogP contribution in [0.3, 0.4) is 0 Å². The first-order chi connectivity index (χ1) is 13.7. The number of ether oxygens (including phenoxy) is 1. The molecule has 1 heterocycles. The summed E-state index contributed by atoms with van der Waals surface area (Å²) in [5, 5.41) is 15.2. The molecular formula is C21H24ClN5O. The molecule has 3 rings (SSSR count). The molecule has 0 atom stereocenters. The van der Waals surface area contributed by atoms with Crippen molar-refractivity contribution < 1.29 is 4.74 Å². The van der Waals surface area contributed by atoms with Crippen LogP contribution in [0.25, 0.3) is 0 Å². The predicted molar refractivity (Wildman–Crippen MR) is 113 cm³/mol. The summed E-state index contributed by atoms with van der Waals surface area (Å²) < 4.78 is 5.80. The van der Waals surface area contributed by atoms with E-state index in [-0.39, 0.29) is 0 Å². The van der Waals surface area contributed by atoms with Gasteiger partial charge in [0, 0.05) is 17.3 Å². The molecule has 0 fully saturated rings. The van der Waals surface area contributed by atoms with Gasteiger partial charge in [-0.3, -0.25) is 0 Å². The first-order valence-corrected chi connectivity index (χ1v) is 9.78. The zero-order valence-corrected chi connectivity index (χ0v) is 16.6. The van der Waals surface area contributed by atoms with Crippen LogP contribution in [0, 0.1) is 0 Å². The maximum atomic E-state index is 5.89. The minimum atomic E-state index is 0.454. The lowest BCUT2D eigenvalue weighted by molar-refractivity contribution is 0.306. The Bertz CT molecular complexity index is 855. The van der Waals surface area contributed by atoms with E-state index in [1.54, 1.807) is 6.20 Å². The van der Waals surface area contributed by atoms with Gasteiger partial charge in [0.25, 0.3) is 0 Å². The quantitative estimate of drug-likeness (QED) is 0.443. The fourth-order valence-corrected chi connectivity index (χ4v) is 2.67. The normalized spacial score (nSPS) is 10.5. The number of nitrogens with one attached hydrogen (secondary N) is 2. The van der Waals surface area contributed by atoms with Crippen molar-refractivity contribution in [2.75, 3.05) is 17.2 Å². The van der Waals surface area contributed by atoms with Crippen molar-refractivity contribution in [1.82, 2.24) is 15.2 Å². The highest BCUT2D eigenvalue weighted by Gasteiger charge is 2.02. The summed E-state index contributed by atoms with van der Waals surface area (Å²) in [6, 6.07) is 15.3. The summed E-state index contributed by atoms with van der Waals surface area (Å²) in [5.74, 6) is 1.96. The summed E-state index contributed by atoms with van der Waals surface area (Å²) in [7, 11) is 0. The van der Waals surface area contributed by atoms with E-state index in [1.807, 2.05) is 48.5 Å². The maximum Gasteiger partial charge on any atom is 0.249 e. The Balaban J connectivity index is 1.51. The Morgan fingerprint density at radius 1 is 1.00 bits per heavy atom. The number of hydrogen-bond donors (Lipinski definition) is 2. The number of unbranched alkanes of at least 4 members (excludes halogenated alkanes) is 2. The highest BCUT2D eigenvalue weighted by Crippen LogP contribution is 2.20. The molecule has 0 bridgehead atoms. The molecule has 2 aromatic carbocycles. The van der Waals surface area contributed by atoms with E-state index < -0.39 is 0 Å². The number of anilines is 3.